The Balaban J connectivity index is 1.61. The normalized spacial score (nSPS) is 12.3. The predicted molar refractivity (Wildman–Crippen MR) is 119 cm³/mol. The van der Waals surface area contributed by atoms with Crippen LogP contribution in [0.4, 0.5) is 5.13 Å². The molecule has 0 spiro atoms. The quantitative estimate of drug-likeness (QED) is 0.534. The fraction of sp³-hybridized carbons (Fsp3) is 0.409. The number of ether oxygens (including phenoxy) is 3. The van der Waals surface area contributed by atoms with Crippen LogP contribution < -0.4 is 14.4 Å². The molecule has 0 unspecified atom stereocenters. The number of rotatable bonds is 8. The number of anilines is 1. The van der Waals surface area contributed by atoms with E-state index in [-0.39, 0.29) is 12.3 Å². The second-order valence-corrected chi connectivity index (χ2v) is 8.36. The Bertz CT molecular complexity index is 1090. The maximum absolute atomic E-state index is 13.3. The zero-order valence-corrected chi connectivity index (χ0v) is 19.0. The standard InChI is InChI=1S/C22H26N4O4S/c1-25-16-6-8-19-21(15(16)13-23-25)24-22(31-19)26(9-10-28-2)20(27)12-14-5-7-17(29-3)18(11-14)30-4/h5,7,11,13H,6,8-10,12H2,1-4H3. The molecular weight excluding hydrogens is 416 g/mol. The van der Waals surface area contributed by atoms with Crippen molar-refractivity contribution in [3.05, 3.63) is 40.5 Å². The minimum absolute atomic E-state index is 0.0400. The van der Waals surface area contributed by atoms with Gasteiger partial charge in [0.2, 0.25) is 5.91 Å². The Kier molecular flexibility index (Phi) is 6.24. The summed E-state index contributed by atoms with van der Waals surface area (Å²) in [4.78, 5) is 21.0. The average Bonchev–Trinajstić information content (AvgIpc) is 3.37. The molecule has 0 bridgehead atoms. The van der Waals surface area contributed by atoms with E-state index in [1.54, 1.807) is 37.6 Å². The Labute approximate surface area is 185 Å². The maximum Gasteiger partial charge on any atom is 0.233 e. The summed E-state index contributed by atoms with van der Waals surface area (Å²) in [6.45, 7) is 0.870. The second kappa shape index (κ2) is 9.07. The summed E-state index contributed by atoms with van der Waals surface area (Å²) in [5, 5.41) is 5.08. The zero-order valence-electron chi connectivity index (χ0n) is 18.2. The van der Waals surface area contributed by atoms with E-state index in [2.05, 4.69) is 5.10 Å². The van der Waals surface area contributed by atoms with E-state index in [9.17, 15) is 4.79 Å². The number of amides is 1. The summed E-state index contributed by atoms with van der Waals surface area (Å²) in [6, 6.07) is 5.52. The zero-order chi connectivity index (χ0) is 22.0. The number of carbonyl (C=O) groups is 1. The summed E-state index contributed by atoms with van der Waals surface area (Å²) in [6.07, 6.45) is 3.92. The molecule has 1 amide bonds. The number of carbonyl (C=O) groups excluding carboxylic acids is 1. The van der Waals surface area contributed by atoms with Crippen LogP contribution in [0.25, 0.3) is 11.3 Å². The van der Waals surface area contributed by atoms with Crippen molar-refractivity contribution in [1.29, 1.82) is 0 Å². The number of hydrogen-bond donors (Lipinski definition) is 0. The van der Waals surface area contributed by atoms with Gasteiger partial charge in [-0.2, -0.15) is 5.10 Å². The SMILES string of the molecule is COCCN(C(=O)Cc1ccc(OC)c(OC)c1)c1nc2c(s1)CCc1c-2cnn1C. The molecule has 0 aliphatic heterocycles. The van der Waals surface area contributed by atoms with Gasteiger partial charge in [0, 0.05) is 30.3 Å². The van der Waals surface area contributed by atoms with Crippen molar-refractivity contribution in [2.24, 2.45) is 7.05 Å². The summed E-state index contributed by atoms with van der Waals surface area (Å²) in [7, 11) is 6.76. The maximum atomic E-state index is 13.3. The molecule has 0 saturated heterocycles. The van der Waals surface area contributed by atoms with Crippen LogP contribution in [-0.4, -0.2) is 55.2 Å². The third-order valence-corrected chi connectivity index (χ3v) is 6.58. The molecule has 2 aromatic heterocycles. The van der Waals surface area contributed by atoms with Crippen LogP contribution in [0, 0.1) is 0 Å². The summed E-state index contributed by atoms with van der Waals surface area (Å²) < 4.78 is 17.8. The van der Waals surface area contributed by atoms with Crippen molar-refractivity contribution >= 4 is 22.4 Å². The van der Waals surface area contributed by atoms with Crippen molar-refractivity contribution in [3.63, 3.8) is 0 Å². The van der Waals surface area contributed by atoms with E-state index < -0.39 is 0 Å². The molecule has 1 aromatic carbocycles. The lowest BCUT2D eigenvalue weighted by Gasteiger charge is -2.20. The van der Waals surface area contributed by atoms with E-state index in [1.165, 1.54) is 10.6 Å². The third kappa shape index (κ3) is 4.15. The monoisotopic (exact) mass is 442 g/mol. The lowest BCUT2D eigenvalue weighted by Crippen LogP contribution is -2.35. The number of hydrogen-bond acceptors (Lipinski definition) is 7. The van der Waals surface area contributed by atoms with Crippen LogP contribution in [-0.2, 0) is 35.8 Å². The van der Waals surface area contributed by atoms with Crippen LogP contribution in [0.15, 0.2) is 24.4 Å². The summed E-state index contributed by atoms with van der Waals surface area (Å²) >= 11 is 1.58. The first-order chi connectivity index (χ1) is 15.0. The minimum atomic E-state index is -0.0400. The molecule has 0 radical (unpaired) electrons. The lowest BCUT2D eigenvalue weighted by atomic mass is 10.0. The molecular formula is C22H26N4O4S. The fourth-order valence-electron chi connectivity index (χ4n) is 3.79. The highest BCUT2D eigenvalue weighted by molar-refractivity contribution is 7.16. The lowest BCUT2D eigenvalue weighted by molar-refractivity contribution is -0.118. The molecule has 9 heteroatoms. The molecule has 4 rings (SSSR count). The van der Waals surface area contributed by atoms with Gasteiger partial charge in [0.1, 0.15) is 0 Å². The molecule has 31 heavy (non-hydrogen) atoms. The number of aryl methyl sites for hydroxylation is 2. The first kappa shape index (κ1) is 21.3. The molecule has 0 saturated carbocycles. The van der Waals surface area contributed by atoms with Crippen LogP contribution >= 0.6 is 11.3 Å². The summed E-state index contributed by atoms with van der Waals surface area (Å²) in [5.41, 5.74) is 4.03. The highest BCUT2D eigenvalue weighted by Crippen LogP contribution is 2.39. The number of methoxy groups -OCH3 is 3. The smallest absolute Gasteiger partial charge is 0.233 e. The Morgan fingerprint density at radius 3 is 2.74 bits per heavy atom. The van der Waals surface area contributed by atoms with Gasteiger partial charge in [-0.3, -0.25) is 14.4 Å². The third-order valence-electron chi connectivity index (χ3n) is 5.45. The van der Waals surface area contributed by atoms with Gasteiger partial charge >= 0.3 is 0 Å². The van der Waals surface area contributed by atoms with E-state index >= 15 is 0 Å². The Hall–Kier alpha value is -2.91. The van der Waals surface area contributed by atoms with E-state index in [1.807, 2.05) is 36.1 Å². The van der Waals surface area contributed by atoms with Gasteiger partial charge in [-0.25, -0.2) is 4.98 Å². The van der Waals surface area contributed by atoms with Crippen molar-refractivity contribution in [3.8, 4) is 22.8 Å². The van der Waals surface area contributed by atoms with Crippen LogP contribution in [0.1, 0.15) is 16.1 Å². The first-order valence-electron chi connectivity index (χ1n) is 10.1. The molecule has 0 fully saturated rings. The molecule has 1 aliphatic carbocycles. The second-order valence-electron chi connectivity index (χ2n) is 7.30. The van der Waals surface area contributed by atoms with Crippen molar-refractivity contribution in [1.82, 2.24) is 14.8 Å². The predicted octanol–water partition coefficient (Wildman–Crippen LogP) is 2.88. The fourth-order valence-corrected chi connectivity index (χ4v) is 4.91. The first-order valence-corrected chi connectivity index (χ1v) is 10.9. The molecule has 0 atom stereocenters. The number of thiazole rings is 1. The van der Waals surface area contributed by atoms with Gasteiger partial charge in [0.15, 0.2) is 16.6 Å². The van der Waals surface area contributed by atoms with Gasteiger partial charge in [0.25, 0.3) is 0 Å². The highest BCUT2D eigenvalue weighted by Gasteiger charge is 2.27. The molecule has 1 aliphatic rings. The largest absolute Gasteiger partial charge is 0.493 e. The molecule has 2 heterocycles. The Morgan fingerprint density at radius 1 is 1.19 bits per heavy atom. The number of nitrogens with zero attached hydrogens (tertiary/aromatic N) is 4. The van der Waals surface area contributed by atoms with Crippen LogP contribution in [0.5, 0.6) is 11.5 Å². The van der Waals surface area contributed by atoms with E-state index in [4.69, 9.17) is 19.2 Å². The Morgan fingerprint density at radius 2 is 2.00 bits per heavy atom. The average molecular weight is 443 g/mol. The van der Waals surface area contributed by atoms with Gasteiger partial charge < -0.3 is 14.2 Å². The van der Waals surface area contributed by atoms with Crippen molar-refractivity contribution < 1.29 is 19.0 Å². The highest BCUT2D eigenvalue weighted by atomic mass is 32.1. The van der Waals surface area contributed by atoms with Gasteiger partial charge in [-0.05, 0) is 30.5 Å². The molecule has 3 aromatic rings. The van der Waals surface area contributed by atoms with E-state index in [0.29, 0.717) is 29.8 Å². The van der Waals surface area contributed by atoms with Gasteiger partial charge in [-0.1, -0.05) is 6.07 Å². The molecule has 8 nitrogen and oxygen atoms in total. The molecule has 0 N–H and O–H groups in total. The number of benzene rings is 1. The summed E-state index contributed by atoms with van der Waals surface area (Å²) in [5.74, 6) is 1.20. The van der Waals surface area contributed by atoms with Gasteiger partial charge in [-0.15, -0.1) is 11.3 Å². The number of fused-ring (bicyclic) bond motifs is 3. The van der Waals surface area contributed by atoms with Crippen molar-refractivity contribution in [2.75, 3.05) is 39.4 Å². The van der Waals surface area contributed by atoms with Crippen LogP contribution in [0.2, 0.25) is 0 Å². The van der Waals surface area contributed by atoms with Crippen molar-refractivity contribution in [2.45, 2.75) is 19.3 Å². The topological polar surface area (TPSA) is 78.7 Å². The minimum Gasteiger partial charge on any atom is -0.493 e. The van der Waals surface area contributed by atoms with Crippen LogP contribution in [0.3, 0.4) is 0 Å². The van der Waals surface area contributed by atoms with E-state index in [0.717, 1.165) is 29.7 Å². The van der Waals surface area contributed by atoms with Gasteiger partial charge in [0.05, 0.1) is 45.7 Å². The molecule has 164 valence electrons. The number of aromatic nitrogens is 3.